The van der Waals surface area contributed by atoms with E-state index in [-0.39, 0.29) is 5.25 Å². The van der Waals surface area contributed by atoms with Gasteiger partial charge in [0.05, 0.1) is 40.4 Å². The summed E-state index contributed by atoms with van der Waals surface area (Å²) in [6, 6.07) is 12.6. The Hall–Kier alpha value is -2.64. The van der Waals surface area contributed by atoms with Crippen molar-refractivity contribution in [1.82, 2.24) is 9.97 Å². The number of halogens is 1. The highest BCUT2D eigenvalue weighted by molar-refractivity contribution is 7.88. The van der Waals surface area contributed by atoms with Crippen LogP contribution in [0.25, 0.3) is 10.8 Å². The van der Waals surface area contributed by atoms with Crippen LogP contribution < -0.4 is 14.5 Å². The fourth-order valence-corrected chi connectivity index (χ4v) is 5.59. The number of aromatic nitrogens is 2. The number of nitrogens with zero attached hydrogens (tertiary/aromatic N) is 4. The first-order valence-corrected chi connectivity index (χ1v) is 11.9. The van der Waals surface area contributed by atoms with Crippen LogP contribution in [0.3, 0.4) is 0 Å². The number of methoxy groups -OCH3 is 1. The lowest BCUT2D eigenvalue weighted by atomic mass is 10.0. The molecule has 31 heavy (non-hydrogen) atoms. The lowest BCUT2D eigenvalue weighted by molar-refractivity contribution is 0.375. The van der Waals surface area contributed by atoms with E-state index in [1.807, 2.05) is 12.1 Å². The van der Waals surface area contributed by atoms with E-state index in [2.05, 4.69) is 50.6 Å². The summed E-state index contributed by atoms with van der Waals surface area (Å²) in [5.74, 6) is 0.898. The van der Waals surface area contributed by atoms with Gasteiger partial charge in [-0.3, -0.25) is 4.21 Å². The molecule has 1 unspecified atom stereocenters. The highest BCUT2D eigenvalue weighted by atomic mass is 35.5. The van der Waals surface area contributed by atoms with Gasteiger partial charge in [-0.05, 0) is 29.3 Å². The molecule has 2 aliphatic rings. The molecule has 160 valence electrons. The molecule has 0 amide bonds. The number of hydrogen-bond acceptors (Lipinski definition) is 6. The van der Waals surface area contributed by atoms with Crippen molar-refractivity contribution in [3.8, 4) is 6.01 Å². The largest absolute Gasteiger partial charge is 0.467 e. The molecule has 0 saturated carbocycles. The third kappa shape index (κ3) is 3.55. The normalized spacial score (nSPS) is 17.2. The van der Waals surface area contributed by atoms with Crippen molar-refractivity contribution in [2.75, 3.05) is 36.5 Å². The fourth-order valence-electron chi connectivity index (χ4n) is 4.38. The number of ether oxygens (including phenoxy) is 1. The molecule has 5 rings (SSSR count). The minimum Gasteiger partial charge on any atom is -0.467 e. The van der Waals surface area contributed by atoms with Crippen molar-refractivity contribution < 1.29 is 8.95 Å². The first-order chi connectivity index (χ1) is 15.1. The molecule has 1 saturated heterocycles. The van der Waals surface area contributed by atoms with E-state index in [1.54, 1.807) is 7.11 Å². The van der Waals surface area contributed by atoms with Gasteiger partial charge in [0.25, 0.3) is 0 Å². The summed E-state index contributed by atoms with van der Waals surface area (Å²) >= 11 is 6.56. The molecule has 0 aliphatic carbocycles. The van der Waals surface area contributed by atoms with Gasteiger partial charge in [0.2, 0.25) is 0 Å². The van der Waals surface area contributed by atoms with Crippen LogP contribution in [0.1, 0.15) is 11.3 Å². The topological polar surface area (TPSA) is 58.6 Å². The standard InChI is InChI=1S/C23H23ClN4O2S/c1-3-31(29)16-12-28(13-16)22-17-10-11-27(14-19(17)25-23(26-22)30-2)20-9-5-7-15-6-4-8-18(24)21(15)20/h3-9,16H,1,10-14H2,2H3. The van der Waals surface area contributed by atoms with Crippen LogP contribution in [-0.2, 0) is 23.8 Å². The maximum atomic E-state index is 12.0. The summed E-state index contributed by atoms with van der Waals surface area (Å²) in [5.41, 5.74) is 3.22. The Bertz CT molecular complexity index is 1190. The monoisotopic (exact) mass is 454 g/mol. The number of rotatable bonds is 5. The average Bonchev–Trinajstić information content (AvgIpc) is 2.77. The molecule has 1 fully saturated rings. The molecule has 0 radical (unpaired) electrons. The Morgan fingerprint density at radius 3 is 2.71 bits per heavy atom. The van der Waals surface area contributed by atoms with E-state index in [0.29, 0.717) is 25.6 Å². The average molecular weight is 455 g/mol. The van der Waals surface area contributed by atoms with E-state index >= 15 is 0 Å². The van der Waals surface area contributed by atoms with Crippen molar-refractivity contribution in [2.24, 2.45) is 0 Å². The molecule has 2 aliphatic heterocycles. The highest BCUT2D eigenvalue weighted by Gasteiger charge is 2.35. The Morgan fingerprint density at radius 1 is 1.19 bits per heavy atom. The van der Waals surface area contributed by atoms with Crippen molar-refractivity contribution >= 4 is 44.7 Å². The molecule has 8 heteroatoms. The van der Waals surface area contributed by atoms with Gasteiger partial charge < -0.3 is 14.5 Å². The van der Waals surface area contributed by atoms with Crippen LogP contribution in [0.2, 0.25) is 5.02 Å². The van der Waals surface area contributed by atoms with Gasteiger partial charge >= 0.3 is 6.01 Å². The van der Waals surface area contributed by atoms with Gasteiger partial charge in [0, 0.05) is 36.3 Å². The van der Waals surface area contributed by atoms with Gasteiger partial charge in [0.15, 0.2) is 0 Å². The maximum Gasteiger partial charge on any atom is 0.318 e. The minimum atomic E-state index is -1.01. The summed E-state index contributed by atoms with van der Waals surface area (Å²) < 4.78 is 17.4. The number of benzene rings is 2. The van der Waals surface area contributed by atoms with Gasteiger partial charge in [-0.15, -0.1) is 0 Å². The summed E-state index contributed by atoms with van der Waals surface area (Å²) in [6.07, 6.45) is 0.821. The quantitative estimate of drug-likeness (QED) is 0.582. The molecule has 0 N–H and O–H groups in total. The molecule has 2 aromatic carbocycles. The van der Waals surface area contributed by atoms with Crippen molar-refractivity contribution in [3.05, 3.63) is 64.7 Å². The summed E-state index contributed by atoms with van der Waals surface area (Å²) in [4.78, 5) is 13.8. The van der Waals surface area contributed by atoms with Crippen LogP contribution >= 0.6 is 11.6 Å². The van der Waals surface area contributed by atoms with E-state index < -0.39 is 10.8 Å². The zero-order valence-corrected chi connectivity index (χ0v) is 18.8. The Morgan fingerprint density at radius 2 is 1.97 bits per heavy atom. The van der Waals surface area contributed by atoms with Crippen molar-refractivity contribution in [2.45, 2.75) is 18.2 Å². The first kappa shape index (κ1) is 20.3. The second-order valence-corrected chi connectivity index (χ2v) is 9.83. The molecule has 1 atom stereocenters. The third-order valence-corrected chi connectivity index (χ3v) is 7.62. The Balaban J connectivity index is 1.49. The second kappa shape index (κ2) is 8.13. The lowest BCUT2D eigenvalue weighted by Gasteiger charge is -2.41. The van der Waals surface area contributed by atoms with Crippen LogP contribution in [0, 0.1) is 0 Å². The predicted molar refractivity (Wildman–Crippen MR) is 127 cm³/mol. The van der Waals surface area contributed by atoms with Crippen LogP contribution in [0.15, 0.2) is 48.4 Å². The molecule has 1 aromatic heterocycles. The van der Waals surface area contributed by atoms with E-state index in [0.717, 1.165) is 51.5 Å². The second-order valence-electron chi connectivity index (χ2n) is 7.77. The van der Waals surface area contributed by atoms with Gasteiger partial charge in [0.1, 0.15) is 5.82 Å². The molecule has 6 nitrogen and oxygen atoms in total. The van der Waals surface area contributed by atoms with Gasteiger partial charge in [-0.2, -0.15) is 9.97 Å². The minimum absolute atomic E-state index is 0.104. The molecule has 3 heterocycles. The molecule has 0 bridgehead atoms. The molecular formula is C23H23ClN4O2S. The summed E-state index contributed by atoms with van der Waals surface area (Å²) in [5, 5.41) is 4.56. The maximum absolute atomic E-state index is 12.0. The van der Waals surface area contributed by atoms with E-state index in [9.17, 15) is 4.21 Å². The number of anilines is 2. The van der Waals surface area contributed by atoms with E-state index in [1.165, 1.54) is 5.41 Å². The summed E-state index contributed by atoms with van der Waals surface area (Å²) in [7, 11) is 0.578. The van der Waals surface area contributed by atoms with Crippen LogP contribution in [0.4, 0.5) is 11.5 Å². The van der Waals surface area contributed by atoms with Crippen molar-refractivity contribution in [1.29, 1.82) is 0 Å². The number of hydrogen-bond donors (Lipinski definition) is 0. The molecule has 3 aromatic rings. The van der Waals surface area contributed by atoms with Gasteiger partial charge in [-0.25, -0.2) is 0 Å². The van der Waals surface area contributed by atoms with Crippen molar-refractivity contribution in [3.63, 3.8) is 0 Å². The molecular weight excluding hydrogens is 432 g/mol. The highest BCUT2D eigenvalue weighted by Crippen LogP contribution is 2.37. The first-order valence-electron chi connectivity index (χ1n) is 10.2. The van der Waals surface area contributed by atoms with Crippen LogP contribution in [0.5, 0.6) is 6.01 Å². The zero-order chi connectivity index (χ0) is 21.5. The Labute approximate surface area is 189 Å². The fraction of sp³-hybridized carbons (Fsp3) is 0.304. The zero-order valence-electron chi connectivity index (χ0n) is 17.3. The lowest BCUT2D eigenvalue weighted by Crippen LogP contribution is -2.53. The Kier molecular flexibility index (Phi) is 5.32. The predicted octanol–water partition coefficient (Wildman–Crippen LogP) is 3.94. The van der Waals surface area contributed by atoms with Gasteiger partial charge in [-0.1, -0.05) is 42.4 Å². The SMILES string of the molecule is C=CS(=O)C1CN(c2nc(OC)nc3c2CCN(c2cccc4cccc(Cl)c24)C3)C1. The third-order valence-electron chi connectivity index (χ3n) is 6.02. The molecule has 0 spiro atoms. The number of fused-ring (bicyclic) bond motifs is 2. The smallest absolute Gasteiger partial charge is 0.318 e. The van der Waals surface area contributed by atoms with Crippen LogP contribution in [-0.4, -0.2) is 46.2 Å². The van der Waals surface area contributed by atoms with E-state index in [4.69, 9.17) is 16.3 Å². The summed E-state index contributed by atoms with van der Waals surface area (Å²) in [6.45, 7) is 6.55.